The van der Waals surface area contributed by atoms with E-state index in [2.05, 4.69) is 14.9 Å². The molecule has 2 atom stereocenters. The van der Waals surface area contributed by atoms with E-state index in [0.29, 0.717) is 6.04 Å². The predicted molar refractivity (Wildman–Crippen MR) is 67.9 cm³/mol. The molecule has 2 rings (SSSR count). The molecular weight excluding hydrogens is 214 g/mol. The molecule has 1 saturated heterocycles. The maximum absolute atomic E-state index is 9.60. The molecule has 1 aromatic rings. The summed E-state index contributed by atoms with van der Waals surface area (Å²) in [6, 6.07) is 2.37. The maximum atomic E-state index is 9.60. The van der Waals surface area contributed by atoms with Crippen molar-refractivity contribution in [2.24, 2.45) is 0 Å². The summed E-state index contributed by atoms with van der Waals surface area (Å²) in [5.41, 5.74) is 0. The Morgan fingerprint density at radius 2 is 2.35 bits per heavy atom. The highest BCUT2D eigenvalue weighted by Crippen LogP contribution is 2.24. The predicted octanol–water partition coefficient (Wildman–Crippen LogP) is 2.00. The molecule has 0 saturated carbocycles. The maximum Gasteiger partial charge on any atom is 0.132 e. The van der Waals surface area contributed by atoms with Gasteiger partial charge in [0.1, 0.15) is 12.1 Å². The topological polar surface area (TPSA) is 49.2 Å². The van der Waals surface area contributed by atoms with Crippen LogP contribution < -0.4 is 4.90 Å². The monoisotopic (exact) mass is 235 g/mol. The molecule has 94 valence electrons. The standard InChI is InChI=1S/C13H21N3O/c1-11(17)9-12-5-3-2-4-8-16(12)13-6-7-14-10-15-13/h6-7,10-12,17H,2-5,8-9H2,1H3. The van der Waals surface area contributed by atoms with Gasteiger partial charge in [-0.2, -0.15) is 0 Å². The van der Waals surface area contributed by atoms with Gasteiger partial charge < -0.3 is 10.0 Å². The fraction of sp³-hybridized carbons (Fsp3) is 0.692. The van der Waals surface area contributed by atoms with Crippen molar-refractivity contribution in [2.45, 2.75) is 51.2 Å². The summed E-state index contributed by atoms with van der Waals surface area (Å²) in [6.45, 7) is 2.90. The zero-order valence-corrected chi connectivity index (χ0v) is 10.4. The van der Waals surface area contributed by atoms with E-state index < -0.39 is 0 Å². The number of hydrogen-bond acceptors (Lipinski definition) is 4. The molecule has 1 aromatic heterocycles. The normalized spacial score (nSPS) is 23.2. The van der Waals surface area contributed by atoms with Crippen molar-refractivity contribution in [1.82, 2.24) is 9.97 Å². The Morgan fingerprint density at radius 3 is 3.06 bits per heavy atom. The van der Waals surface area contributed by atoms with Crippen molar-refractivity contribution < 1.29 is 5.11 Å². The zero-order valence-electron chi connectivity index (χ0n) is 10.4. The summed E-state index contributed by atoms with van der Waals surface area (Å²) in [4.78, 5) is 10.6. The first-order chi connectivity index (χ1) is 8.27. The number of aromatic nitrogens is 2. The van der Waals surface area contributed by atoms with Crippen LogP contribution in [0.3, 0.4) is 0 Å². The molecule has 1 aliphatic rings. The van der Waals surface area contributed by atoms with E-state index in [1.54, 1.807) is 12.5 Å². The molecule has 1 aliphatic heterocycles. The number of rotatable bonds is 3. The van der Waals surface area contributed by atoms with Crippen LogP contribution in [0.15, 0.2) is 18.6 Å². The lowest BCUT2D eigenvalue weighted by Crippen LogP contribution is -2.37. The Labute approximate surface area is 103 Å². The molecule has 2 unspecified atom stereocenters. The van der Waals surface area contributed by atoms with E-state index in [0.717, 1.165) is 25.2 Å². The van der Waals surface area contributed by atoms with Gasteiger partial charge in [0.2, 0.25) is 0 Å². The number of nitrogens with zero attached hydrogens (tertiary/aromatic N) is 3. The van der Waals surface area contributed by atoms with Gasteiger partial charge in [-0.25, -0.2) is 9.97 Å². The third kappa shape index (κ3) is 3.40. The van der Waals surface area contributed by atoms with Gasteiger partial charge in [0, 0.05) is 18.8 Å². The second kappa shape index (κ2) is 5.96. The second-order valence-electron chi connectivity index (χ2n) is 4.85. The average molecular weight is 235 g/mol. The lowest BCUT2D eigenvalue weighted by molar-refractivity contribution is 0.171. The van der Waals surface area contributed by atoms with Crippen LogP contribution in [0, 0.1) is 0 Å². The van der Waals surface area contributed by atoms with Gasteiger partial charge in [0.15, 0.2) is 0 Å². The van der Waals surface area contributed by atoms with Crippen LogP contribution in [-0.4, -0.2) is 33.8 Å². The summed E-state index contributed by atoms with van der Waals surface area (Å²) in [5, 5.41) is 9.60. The molecule has 17 heavy (non-hydrogen) atoms. The first-order valence-corrected chi connectivity index (χ1v) is 6.48. The largest absolute Gasteiger partial charge is 0.393 e. The smallest absolute Gasteiger partial charge is 0.132 e. The van der Waals surface area contributed by atoms with Crippen molar-refractivity contribution in [3.63, 3.8) is 0 Å². The zero-order chi connectivity index (χ0) is 12.1. The Morgan fingerprint density at radius 1 is 1.47 bits per heavy atom. The number of aliphatic hydroxyl groups is 1. The Balaban J connectivity index is 2.14. The van der Waals surface area contributed by atoms with E-state index >= 15 is 0 Å². The van der Waals surface area contributed by atoms with Gasteiger partial charge in [0.25, 0.3) is 0 Å². The van der Waals surface area contributed by atoms with Crippen LogP contribution in [0.2, 0.25) is 0 Å². The van der Waals surface area contributed by atoms with E-state index in [1.165, 1.54) is 19.3 Å². The van der Waals surface area contributed by atoms with Crippen LogP contribution in [0.25, 0.3) is 0 Å². The summed E-state index contributed by atoms with van der Waals surface area (Å²) >= 11 is 0. The molecule has 4 heteroatoms. The van der Waals surface area contributed by atoms with E-state index in [1.807, 2.05) is 13.0 Å². The molecule has 4 nitrogen and oxygen atoms in total. The van der Waals surface area contributed by atoms with Gasteiger partial charge in [-0.3, -0.25) is 0 Å². The number of anilines is 1. The fourth-order valence-electron chi connectivity index (χ4n) is 2.57. The Bertz CT molecular complexity index is 329. The molecule has 2 heterocycles. The number of hydrogen-bond donors (Lipinski definition) is 1. The van der Waals surface area contributed by atoms with E-state index in [4.69, 9.17) is 0 Å². The lowest BCUT2D eigenvalue weighted by Gasteiger charge is -2.31. The minimum absolute atomic E-state index is 0.248. The van der Waals surface area contributed by atoms with Crippen molar-refractivity contribution >= 4 is 5.82 Å². The molecule has 1 fully saturated rings. The quantitative estimate of drug-likeness (QED) is 0.870. The molecule has 0 aromatic carbocycles. The molecule has 0 bridgehead atoms. The average Bonchev–Trinajstić information content (AvgIpc) is 2.55. The summed E-state index contributed by atoms with van der Waals surface area (Å²) < 4.78 is 0. The highest BCUT2D eigenvalue weighted by molar-refractivity contribution is 5.38. The van der Waals surface area contributed by atoms with Gasteiger partial charge in [-0.1, -0.05) is 12.8 Å². The van der Waals surface area contributed by atoms with Crippen LogP contribution >= 0.6 is 0 Å². The summed E-state index contributed by atoms with van der Waals surface area (Å²) in [7, 11) is 0. The Hall–Kier alpha value is -1.16. The molecule has 0 amide bonds. The van der Waals surface area contributed by atoms with E-state index in [-0.39, 0.29) is 6.10 Å². The van der Waals surface area contributed by atoms with Crippen molar-refractivity contribution in [3.05, 3.63) is 18.6 Å². The van der Waals surface area contributed by atoms with Gasteiger partial charge in [-0.05, 0) is 32.3 Å². The van der Waals surface area contributed by atoms with Crippen LogP contribution in [0.5, 0.6) is 0 Å². The van der Waals surface area contributed by atoms with Crippen LogP contribution in [-0.2, 0) is 0 Å². The minimum Gasteiger partial charge on any atom is -0.393 e. The Kier molecular flexibility index (Phi) is 4.31. The molecule has 0 aliphatic carbocycles. The van der Waals surface area contributed by atoms with Gasteiger partial charge in [0.05, 0.1) is 6.10 Å². The SMILES string of the molecule is CC(O)CC1CCCCCN1c1ccncn1. The number of aliphatic hydroxyl groups excluding tert-OH is 1. The van der Waals surface area contributed by atoms with E-state index in [9.17, 15) is 5.11 Å². The third-order valence-electron chi connectivity index (χ3n) is 3.35. The van der Waals surface area contributed by atoms with Gasteiger partial charge >= 0.3 is 0 Å². The highest BCUT2D eigenvalue weighted by Gasteiger charge is 2.23. The molecule has 0 radical (unpaired) electrons. The van der Waals surface area contributed by atoms with Crippen molar-refractivity contribution in [1.29, 1.82) is 0 Å². The summed E-state index contributed by atoms with van der Waals surface area (Å²) in [6.07, 6.45) is 8.84. The first kappa shape index (κ1) is 12.3. The lowest BCUT2D eigenvalue weighted by atomic mass is 10.0. The van der Waals surface area contributed by atoms with Crippen molar-refractivity contribution in [3.8, 4) is 0 Å². The highest BCUT2D eigenvalue weighted by atomic mass is 16.3. The van der Waals surface area contributed by atoms with Crippen LogP contribution in [0.1, 0.15) is 39.0 Å². The van der Waals surface area contributed by atoms with Crippen LogP contribution in [0.4, 0.5) is 5.82 Å². The molecular formula is C13H21N3O. The third-order valence-corrected chi connectivity index (χ3v) is 3.35. The summed E-state index contributed by atoms with van der Waals surface area (Å²) in [5.74, 6) is 0.993. The first-order valence-electron chi connectivity index (χ1n) is 6.48. The van der Waals surface area contributed by atoms with Crippen molar-refractivity contribution in [2.75, 3.05) is 11.4 Å². The minimum atomic E-state index is -0.248. The molecule has 1 N–H and O–H groups in total. The second-order valence-corrected chi connectivity index (χ2v) is 4.85. The van der Waals surface area contributed by atoms with Gasteiger partial charge in [-0.15, -0.1) is 0 Å². The fourth-order valence-corrected chi connectivity index (χ4v) is 2.57. The molecule has 0 spiro atoms.